The Bertz CT molecular complexity index is 826. The van der Waals surface area contributed by atoms with Gasteiger partial charge < -0.3 is 10.1 Å². The lowest BCUT2D eigenvalue weighted by Crippen LogP contribution is -2.36. The molecule has 0 saturated carbocycles. The average Bonchev–Trinajstić information content (AvgIpc) is 2.66. The van der Waals surface area contributed by atoms with Crippen molar-refractivity contribution in [1.29, 1.82) is 0 Å². The number of hydrogen-bond acceptors (Lipinski definition) is 4. The summed E-state index contributed by atoms with van der Waals surface area (Å²) in [5, 5.41) is 3.43. The largest absolute Gasteiger partial charge is 0.481 e. The van der Waals surface area contributed by atoms with E-state index in [1.807, 2.05) is 24.3 Å². The predicted molar refractivity (Wildman–Crippen MR) is 98.4 cm³/mol. The standard InChI is InChI=1S/C22H21NO3/c1-2-13-26-15-11-9-14(10-12-15)20-21-16(5-3-7-18(21)24)23-17-6-4-8-19(25)22(17)20/h1,9-12,20,23H,3-8,13H2. The number of terminal acetylenes is 1. The summed E-state index contributed by atoms with van der Waals surface area (Å²) in [5.74, 6) is 3.18. The fourth-order valence-corrected chi connectivity index (χ4v) is 4.20. The van der Waals surface area contributed by atoms with Crippen LogP contribution in [0.25, 0.3) is 0 Å². The monoisotopic (exact) mass is 347 g/mol. The van der Waals surface area contributed by atoms with E-state index in [0.717, 1.165) is 53.8 Å². The van der Waals surface area contributed by atoms with E-state index in [2.05, 4.69) is 11.2 Å². The van der Waals surface area contributed by atoms with Gasteiger partial charge in [-0.05, 0) is 43.4 Å². The lowest BCUT2D eigenvalue weighted by Gasteiger charge is -2.37. The van der Waals surface area contributed by atoms with E-state index >= 15 is 0 Å². The fraction of sp³-hybridized carbons (Fsp3) is 0.364. The molecular weight excluding hydrogens is 326 g/mol. The van der Waals surface area contributed by atoms with E-state index in [4.69, 9.17) is 11.2 Å². The maximum atomic E-state index is 12.7. The molecule has 1 aromatic rings. The number of benzene rings is 1. The molecule has 4 rings (SSSR count). The molecule has 0 radical (unpaired) electrons. The Kier molecular flexibility index (Phi) is 4.38. The maximum absolute atomic E-state index is 12.7. The first kappa shape index (κ1) is 16.7. The second kappa shape index (κ2) is 6.84. The van der Waals surface area contributed by atoms with Gasteiger partial charge in [-0.2, -0.15) is 0 Å². The van der Waals surface area contributed by atoms with Gasteiger partial charge in [0.15, 0.2) is 11.6 Å². The molecule has 1 aromatic carbocycles. The zero-order valence-corrected chi connectivity index (χ0v) is 14.6. The van der Waals surface area contributed by atoms with Crippen LogP contribution in [0.4, 0.5) is 0 Å². The molecule has 0 fully saturated rings. The Hall–Kier alpha value is -2.80. The van der Waals surface area contributed by atoms with Gasteiger partial charge in [0.05, 0.1) is 0 Å². The highest BCUT2D eigenvalue weighted by molar-refractivity contribution is 6.06. The maximum Gasteiger partial charge on any atom is 0.161 e. The van der Waals surface area contributed by atoms with Crippen molar-refractivity contribution >= 4 is 11.6 Å². The number of Topliss-reactive ketones (excluding diaryl/α,β-unsaturated/α-hetero) is 2. The summed E-state index contributed by atoms with van der Waals surface area (Å²) in [6, 6.07) is 7.60. The summed E-state index contributed by atoms with van der Waals surface area (Å²) >= 11 is 0. The highest BCUT2D eigenvalue weighted by Gasteiger charge is 2.40. The number of rotatable bonds is 3. The van der Waals surface area contributed by atoms with Crippen LogP contribution >= 0.6 is 0 Å². The third kappa shape index (κ3) is 2.84. The molecular formula is C22H21NO3. The Morgan fingerprint density at radius 3 is 2.08 bits per heavy atom. The smallest absolute Gasteiger partial charge is 0.161 e. The van der Waals surface area contributed by atoms with E-state index in [1.165, 1.54) is 0 Å². The summed E-state index contributed by atoms with van der Waals surface area (Å²) in [4.78, 5) is 25.4. The summed E-state index contributed by atoms with van der Waals surface area (Å²) in [6.07, 6.45) is 9.81. The molecule has 4 nitrogen and oxygen atoms in total. The number of carbonyl (C=O) groups is 2. The van der Waals surface area contributed by atoms with Crippen LogP contribution in [0.15, 0.2) is 46.8 Å². The molecule has 0 aromatic heterocycles. The molecule has 1 aliphatic heterocycles. The van der Waals surface area contributed by atoms with Gasteiger partial charge >= 0.3 is 0 Å². The van der Waals surface area contributed by atoms with Crippen molar-refractivity contribution in [3.8, 4) is 18.1 Å². The van der Waals surface area contributed by atoms with Crippen LogP contribution in [0.5, 0.6) is 5.75 Å². The first-order chi connectivity index (χ1) is 12.7. The number of hydrogen-bond donors (Lipinski definition) is 1. The lowest BCUT2D eigenvalue weighted by molar-refractivity contribution is -0.116. The zero-order valence-electron chi connectivity index (χ0n) is 14.6. The first-order valence-corrected chi connectivity index (χ1v) is 9.14. The number of nitrogens with one attached hydrogen (secondary N) is 1. The third-order valence-corrected chi connectivity index (χ3v) is 5.33. The van der Waals surface area contributed by atoms with Crippen LogP contribution < -0.4 is 10.1 Å². The molecule has 0 saturated heterocycles. The number of ether oxygens (including phenoxy) is 1. The minimum absolute atomic E-state index is 0.154. The summed E-state index contributed by atoms with van der Waals surface area (Å²) in [5.41, 5.74) is 4.54. The van der Waals surface area contributed by atoms with E-state index in [-0.39, 0.29) is 24.1 Å². The molecule has 2 aliphatic carbocycles. The van der Waals surface area contributed by atoms with Gasteiger partial charge in [-0.3, -0.25) is 9.59 Å². The number of dihydropyridines is 1. The van der Waals surface area contributed by atoms with Crippen molar-refractivity contribution in [2.45, 2.75) is 44.4 Å². The zero-order chi connectivity index (χ0) is 18.1. The Morgan fingerprint density at radius 2 is 1.54 bits per heavy atom. The van der Waals surface area contributed by atoms with Crippen molar-refractivity contribution in [1.82, 2.24) is 5.32 Å². The fourth-order valence-electron chi connectivity index (χ4n) is 4.20. The molecule has 0 amide bonds. The topological polar surface area (TPSA) is 55.4 Å². The second-order valence-corrected chi connectivity index (χ2v) is 6.96. The van der Waals surface area contributed by atoms with E-state index < -0.39 is 0 Å². The summed E-state index contributed by atoms with van der Waals surface area (Å²) in [6.45, 7) is 0.217. The van der Waals surface area contributed by atoms with E-state index in [9.17, 15) is 9.59 Å². The average molecular weight is 347 g/mol. The van der Waals surface area contributed by atoms with E-state index in [1.54, 1.807) is 0 Å². The van der Waals surface area contributed by atoms with Crippen molar-refractivity contribution < 1.29 is 14.3 Å². The van der Waals surface area contributed by atoms with Crippen LogP contribution in [-0.2, 0) is 9.59 Å². The lowest BCUT2D eigenvalue weighted by atomic mass is 9.71. The van der Waals surface area contributed by atoms with Crippen molar-refractivity contribution in [2.24, 2.45) is 0 Å². The van der Waals surface area contributed by atoms with Crippen molar-refractivity contribution in [2.75, 3.05) is 6.61 Å². The predicted octanol–water partition coefficient (Wildman–Crippen LogP) is 3.40. The molecule has 3 aliphatic rings. The molecule has 0 atom stereocenters. The summed E-state index contributed by atoms with van der Waals surface area (Å²) < 4.78 is 5.45. The SMILES string of the molecule is C#CCOc1ccc(C2C3=C(CCCC3=O)NC3=C2C(=O)CCC3)cc1. The van der Waals surface area contributed by atoms with Gasteiger partial charge in [-0.25, -0.2) is 0 Å². The van der Waals surface area contributed by atoms with Gasteiger partial charge in [-0.15, -0.1) is 6.42 Å². The highest BCUT2D eigenvalue weighted by atomic mass is 16.5. The minimum Gasteiger partial charge on any atom is -0.481 e. The first-order valence-electron chi connectivity index (χ1n) is 9.14. The minimum atomic E-state index is -0.261. The molecule has 1 N–H and O–H groups in total. The number of allylic oxidation sites excluding steroid dienone is 4. The molecule has 0 unspecified atom stereocenters. The van der Waals surface area contributed by atoms with Crippen LogP contribution in [0, 0.1) is 12.3 Å². The third-order valence-electron chi connectivity index (χ3n) is 5.33. The van der Waals surface area contributed by atoms with E-state index in [0.29, 0.717) is 18.6 Å². The van der Waals surface area contributed by atoms with Crippen molar-refractivity contribution in [3.63, 3.8) is 0 Å². The Labute approximate surface area is 153 Å². The quantitative estimate of drug-likeness (QED) is 0.852. The van der Waals surface area contributed by atoms with Crippen molar-refractivity contribution in [3.05, 3.63) is 52.4 Å². The molecule has 132 valence electrons. The van der Waals surface area contributed by atoms with Gasteiger partial charge in [0.2, 0.25) is 0 Å². The Balaban J connectivity index is 1.78. The molecule has 26 heavy (non-hydrogen) atoms. The van der Waals surface area contributed by atoms with Gasteiger partial charge in [0, 0.05) is 41.3 Å². The molecule has 0 bridgehead atoms. The van der Waals surface area contributed by atoms with Crippen LogP contribution in [-0.4, -0.2) is 18.2 Å². The van der Waals surface area contributed by atoms with Crippen LogP contribution in [0.2, 0.25) is 0 Å². The normalized spacial score (nSPS) is 20.3. The summed E-state index contributed by atoms with van der Waals surface area (Å²) in [7, 11) is 0. The number of carbonyl (C=O) groups excluding carboxylic acids is 2. The van der Waals surface area contributed by atoms with Gasteiger partial charge in [0.25, 0.3) is 0 Å². The van der Waals surface area contributed by atoms with Crippen LogP contribution in [0.1, 0.15) is 50.0 Å². The second-order valence-electron chi connectivity index (χ2n) is 6.96. The number of ketones is 2. The van der Waals surface area contributed by atoms with Crippen LogP contribution in [0.3, 0.4) is 0 Å². The Morgan fingerprint density at radius 1 is 0.962 bits per heavy atom. The molecule has 0 spiro atoms. The molecule has 1 heterocycles. The van der Waals surface area contributed by atoms with Gasteiger partial charge in [0.1, 0.15) is 12.4 Å². The van der Waals surface area contributed by atoms with Gasteiger partial charge in [-0.1, -0.05) is 18.1 Å². The highest BCUT2D eigenvalue weighted by Crippen LogP contribution is 2.45. The molecule has 4 heteroatoms.